The van der Waals surface area contributed by atoms with Gasteiger partial charge in [0.15, 0.2) is 0 Å². The molecule has 0 atom stereocenters. The maximum absolute atomic E-state index is 11.7. The first-order valence-electron chi connectivity index (χ1n) is 12.6. The fourth-order valence-electron chi connectivity index (χ4n) is 5.32. The number of benzene rings is 7. The number of aromatic hydroxyl groups is 1. The number of hydrogen-bond donors (Lipinski definition) is 1. The van der Waals surface area contributed by atoms with Gasteiger partial charge in [-0.1, -0.05) is 109 Å². The topological polar surface area (TPSA) is 20.2 Å². The molecule has 0 saturated heterocycles. The predicted octanol–water partition coefficient (Wildman–Crippen LogP) is 9.85. The molecule has 0 spiro atoms. The van der Waals surface area contributed by atoms with Crippen LogP contribution in [-0.4, -0.2) is 5.11 Å². The van der Waals surface area contributed by atoms with E-state index in [4.69, 9.17) is 0 Å². The minimum atomic E-state index is 0.301. The molecule has 1 nitrogen and oxygen atoms in total. The largest absolute Gasteiger partial charge is 0.507 e. The Bertz CT molecular complexity index is 1850. The molecule has 0 fully saturated rings. The first-order chi connectivity index (χ1) is 18.2. The van der Waals surface area contributed by atoms with Crippen molar-refractivity contribution in [3.05, 3.63) is 140 Å². The van der Waals surface area contributed by atoms with Gasteiger partial charge in [-0.15, -0.1) is 0 Å². The van der Waals surface area contributed by atoms with E-state index in [2.05, 4.69) is 140 Å². The molecule has 0 aliphatic carbocycles. The van der Waals surface area contributed by atoms with Crippen molar-refractivity contribution in [2.24, 2.45) is 0 Å². The van der Waals surface area contributed by atoms with E-state index in [1.54, 1.807) is 0 Å². The third-order valence-corrected chi connectivity index (χ3v) is 7.31. The van der Waals surface area contributed by atoms with Gasteiger partial charge in [-0.05, 0) is 84.9 Å². The summed E-state index contributed by atoms with van der Waals surface area (Å²) < 4.78 is 0. The number of hydrogen-bond acceptors (Lipinski definition) is 1. The van der Waals surface area contributed by atoms with Gasteiger partial charge in [0, 0.05) is 11.1 Å². The van der Waals surface area contributed by atoms with Crippen molar-refractivity contribution in [3.8, 4) is 39.1 Å². The molecule has 174 valence electrons. The SMILES string of the molecule is Oc1c(-c2ccc3ccccc3c2)cc(-c2ccc3ccccc3c2)cc1-c1ccc2ccccc2c1. The summed E-state index contributed by atoms with van der Waals surface area (Å²) in [4.78, 5) is 0. The van der Waals surface area contributed by atoms with Crippen LogP contribution in [-0.2, 0) is 0 Å². The maximum atomic E-state index is 11.7. The van der Waals surface area contributed by atoms with Crippen LogP contribution < -0.4 is 0 Å². The summed E-state index contributed by atoms with van der Waals surface area (Å²) >= 11 is 0. The second-order valence-electron chi connectivity index (χ2n) is 9.61. The lowest BCUT2D eigenvalue weighted by atomic mass is 9.90. The van der Waals surface area contributed by atoms with Gasteiger partial charge >= 0.3 is 0 Å². The van der Waals surface area contributed by atoms with Crippen LogP contribution in [0.1, 0.15) is 0 Å². The molecule has 7 aromatic rings. The standard InChI is InChI=1S/C36H24O/c37-36-34(31-17-14-25-8-2-5-11-28(25)20-31)22-33(30-16-13-24-7-1-4-10-27(24)19-30)23-35(36)32-18-15-26-9-3-6-12-29(26)21-32/h1-23,37H. The van der Waals surface area contributed by atoms with Crippen molar-refractivity contribution in [2.75, 3.05) is 0 Å². The molecule has 0 aliphatic rings. The lowest BCUT2D eigenvalue weighted by molar-refractivity contribution is 0.479. The monoisotopic (exact) mass is 472 g/mol. The van der Waals surface area contributed by atoms with Crippen LogP contribution in [0, 0.1) is 0 Å². The second kappa shape index (κ2) is 8.65. The van der Waals surface area contributed by atoms with Gasteiger partial charge in [-0.2, -0.15) is 0 Å². The normalized spacial score (nSPS) is 11.4. The van der Waals surface area contributed by atoms with Gasteiger partial charge in [-0.25, -0.2) is 0 Å². The summed E-state index contributed by atoms with van der Waals surface area (Å²) in [6, 6.07) is 48.7. The van der Waals surface area contributed by atoms with E-state index in [0.717, 1.165) is 44.2 Å². The fraction of sp³-hybridized carbons (Fsp3) is 0. The highest BCUT2D eigenvalue weighted by molar-refractivity contribution is 5.96. The molecule has 1 N–H and O–H groups in total. The van der Waals surface area contributed by atoms with Crippen LogP contribution in [0.2, 0.25) is 0 Å². The Labute approximate surface area is 215 Å². The molecule has 0 unspecified atom stereocenters. The van der Waals surface area contributed by atoms with Crippen molar-refractivity contribution in [3.63, 3.8) is 0 Å². The van der Waals surface area contributed by atoms with Gasteiger partial charge in [-0.3, -0.25) is 0 Å². The summed E-state index contributed by atoms with van der Waals surface area (Å²) in [5.74, 6) is 0.301. The molecule has 7 aromatic carbocycles. The Morgan fingerprint density at radius 3 is 1.08 bits per heavy atom. The van der Waals surface area contributed by atoms with Gasteiger partial charge in [0.25, 0.3) is 0 Å². The van der Waals surface area contributed by atoms with Crippen LogP contribution in [0.3, 0.4) is 0 Å². The average molecular weight is 473 g/mol. The first-order valence-corrected chi connectivity index (χ1v) is 12.6. The fourth-order valence-corrected chi connectivity index (χ4v) is 5.32. The zero-order chi connectivity index (χ0) is 24.8. The Hall–Kier alpha value is -4.88. The van der Waals surface area contributed by atoms with E-state index in [1.807, 2.05) is 0 Å². The van der Waals surface area contributed by atoms with Crippen LogP contribution in [0.15, 0.2) is 140 Å². The average Bonchev–Trinajstić information content (AvgIpc) is 2.96. The van der Waals surface area contributed by atoms with E-state index in [1.165, 1.54) is 21.5 Å². The molecular weight excluding hydrogens is 448 g/mol. The highest BCUT2D eigenvalue weighted by Crippen LogP contribution is 2.43. The molecule has 0 bridgehead atoms. The van der Waals surface area contributed by atoms with E-state index < -0.39 is 0 Å². The Morgan fingerprint density at radius 2 is 0.649 bits per heavy atom. The van der Waals surface area contributed by atoms with E-state index in [9.17, 15) is 5.11 Å². The molecule has 0 aromatic heterocycles. The van der Waals surface area contributed by atoms with Crippen LogP contribution in [0.5, 0.6) is 5.75 Å². The van der Waals surface area contributed by atoms with Crippen molar-refractivity contribution in [1.82, 2.24) is 0 Å². The Morgan fingerprint density at radius 1 is 0.297 bits per heavy atom. The molecule has 0 aliphatic heterocycles. The van der Waals surface area contributed by atoms with Crippen LogP contribution in [0.25, 0.3) is 65.7 Å². The Balaban J connectivity index is 1.48. The van der Waals surface area contributed by atoms with Gasteiger partial charge in [0.2, 0.25) is 0 Å². The highest BCUT2D eigenvalue weighted by Gasteiger charge is 2.16. The van der Waals surface area contributed by atoms with E-state index in [-0.39, 0.29) is 0 Å². The van der Waals surface area contributed by atoms with E-state index in [0.29, 0.717) is 5.75 Å². The predicted molar refractivity (Wildman–Crippen MR) is 157 cm³/mol. The number of phenols is 1. The zero-order valence-electron chi connectivity index (χ0n) is 20.2. The molecule has 0 radical (unpaired) electrons. The minimum Gasteiger partial charge on any atom is -0.507 e. The number of rotatable bonds is 3. The van der Waals surface area contributed by atoms with Crippen LogP contribution in [0.4, 0.5) is 0 Å². The van der Waals surface area contributed by atoms with Gasteiger partial charge in [0.1, 0.15) is 5.75 Å². The summed E-state index contributed by atoms with van der Waals surface area (Å²) in [7, 11) is 0. The van der Waals surface area contributed by atoms with Crippen molar-refractivity contribution < 1.29 is 5.11 Å². The lowest BCUT2D eigenvalue weighted by Crippen LogP contribution is -1.89. The van der Waals surface area contributed by atoms with Gasteiger partial charge < -0.3 is 5.11 Å². The number of fused-ring (bicyclic) bond motifs is 3. The number of phenolic OH excluding ortho intramolecular Hbond substituents is 1. The smallest absolute Gasteiger partial charge is 0.131 e. The molecule has 0 saturated carbocycles. The lowest BCUT2D eigenvalue weighted by Gasteiger charge is -2.16. The molecule has 0 amide bonds. The summed E-state index contributed by atoms with van der Waals surface area (Å²) in [5.41, 5.74) is 5.87. The van der Waals surface area contributed by atoms with Crippen molar-refractivity contribution in [2.45, 2.75) is 0 Å². The summed E-state index contributed by atoms with van der Waals surface area (Å²) in [6.07, 6.45) is 0. The molecule has 37 heavy (non-hydrogen) atoms. The second-order valence-corrected chi connectivity index (χ2v) is 9.61. The minimum absolute atomic E-state index is 0.301. The molecular formula is C36H24O. The summed E-state index contributed by atoms with van der Waals surface area (Å²) in [6.45, 7) is 0. The van der Waals surface area contributed by atoms with Crippen molar-refractivity contribution >= 4 is 32.3 Å². The maximum Gasteiger partial charge on any atom is 0.131 e. The Kier molecular flexibility index (Phi) is 5.01. The molecule has 0 heterocycles. The molecule has 1 heteroatoms. The zero-order valence-corrected chi connectivity index (χ0v) is 20.2. The molecule has 7 rings (SSSR count). The third-order valence-electron chi connectivity index (χ3n) is 7.31. The summed E-state index contributed by atoms with van der Waals surface area (Å²) in [5, 5.41) is 18.8. The van der Waals surface area contributed by atoms with E-state index >= 15 is 0 Å². The van der Waals surface area contributed by atoms with Crippen molar-refractivity contribution in [1.29, 1.82) is 0 Å². The van der Waals surface area contributed by atoms with Crippen LogP contribution >= 0.6 is 0 Å². The first kappa shape index (κ1) is 21.4. The quantitative estimate of drug-likeness (QED) is 0.271. The van der Waals surface area contributed by atoms with Gasteiger partial charge in [0.05, 0.1) is 0 Å². The highest BCUT2D eigenvalue weighted by atomic mass is 16.3. The third kappa shape index (κ3) is 3.82.